The zero-order chi connectivity index (χ0) is 58.3. The average Bonchev–Trinajstić information content (AvgIpc) is 3.45. The number of carbonyl (C=O) groups excluding carboxylic acids is 3. The van der Waals surface area contributed by atoms with Gasteiger partial charge in [-0.15, -0.1) is 0 Å². The largest absolute Gasteiger partial charge is 0.472 e. The topological polar surface area (TPSA) is 155 Å². The summed E-state index contributed by atoms with van der Waals surface area (Å²) >= 11 is 0. The van der Waals surface area contributed by atoms with Crippen molar-refractivity contribution in [2.24, 2.45) is 0 Å². The Morgan fingerprint density at radius 1 is 0.375 bits per heavy atom. The molecule has 3 atom stereocenters. The van der Waals surface area contributed by atoms with Crippen molar-refractivity contribution in [1.29, 1.82) is 0 Å². The van der Waals surface area contributed by atoms with Crippen LogP contribution in [0.3, 0.4) is 0 Å². The van der Waals surface area contributed by atoms with Crippen molar-refractivity contribution in [2.75, 3.05) is 26.4 Å². The second-order valence-corrected chi connectivity index (χ2v) is 21.6. The highest BCUT2D eigenvalue weighted by Crippen LogP contribution is 2.43. The summed E-state index contributed by atoms with van der Waals surface area (Å²) in [6.07, 6.45) is 77.1. The van der Waals surface area contributed by atoms with E-state index in [1.165, 1.54) is 51.4 Å². The first-order valence-electron chi connectivity index (χ1n) is 31.1. The number of esters is 3. The van der Waals surface area contributed by atoms with Crippen molar-refractivity contribution >= 4 is 25.7 Å². The highest BCUT2D eigenvalue weighted by Gasteiger charge is 2.28. The van der Waals surface area contributed by atoms with Gasteiger partial charge in [-0.25, -0.2) is 4.57 Å². The van der Waals surface area contributed by atoms with Crippen LogP contribution in [-0.4, -0.2) is 66.5 Å². The minimum absolute atomic E-state index is 0.0633. The van der Waals surface area contributed by atoms with E-state index in [1.807, 2.05) is 18.2 Å². The molecule has 0 aliphatic heterocycles. The van der Waals surface area contributed by atoms with Gasteiger partial charge in [0.25, 0.3) is 0 Å². The van der Waals surface area contributed by atoms with Crippen LogP contribution in [0.2, 0.25) is 0 Å². The summed E-state index contributed by atoms with van der Waals surface area (Å²) in [5.74, 6) is -1.64. The first-order chi connectivity index (χ1) is 39.2. The van der Waals surface area contributed by atoms with Gasteiger partial charge in [-0.05, 0) is 122 Å². The van der Waals surface area contributed by atoms with E-state index in [0.29, 0.717) is 19.3 Å². The molecule has 0 aromatic rings. The van der Waals surface area contributed by atoms with Crippen molar-refractivity contribution < 1.29 is 52.2 Å². The number of aliphatic hydroxyl groups is 1. The van der Waals surface area contributed by atoms with Gasteiger partial charge in [0.1, 0.15) is 12.7 Å². The lowest BCUT2D eigenvalue weighted by Gasteiger charge is -2.21. The first kappa shape index (κ1) is 75.6. The van der Waals surface area contributed by atoms with E-state index < -0.39 is 57.8 Å². The van der Waals surface area contributed by atoms with E-state index in [2.05, 4.69) is 130 Å². The molecule has 80 heavy (non-hydrogen) atoms. The molecule has 2 N–H and O–H groups in total. The van der Waals surface area contributed by atoms with Crippen molar-refractivity contribution in [1.82, 2.24) is 0 Å². The Kier molecular flexibility index (Phi) is 57.4. The van der Waals surface area contributed by atoms with Gasteiger partial charge in [0.2, 0.25) is 0 Å². The molecule has 0 aromatic heterocycles. The SMILES string of the molecule is CC/C=C\C/C=C\C/C=C\C/C=C\C/C=C\CC(=O)OC(CO)COP(=O)(O)OCC(COC(=O)CCCCCCCC/C=C\C/C=C\C/C=C\CCCCC)OC(=O)CCCCCCCC/C=C\C/C=C\C/C=C\CCCCC. The lowest BCUT2D eigenvalue weighted by Crippen LogP contribution is -2.30. The molecule has 3 unspecified atom stereocenters. The minimum Gasteiger partial charge on any atom is -0.462 e. The summed E-state index contributed by atoms with van der Waals surface area (Å²) in [6.45, 7) is 4.33. The number of allylic oxidation sites excluding steroid dienone is 21. The Balaban J connectivity index is 4.86. The normalized spacial score (nSPS) is 14.2. The molecule has 0 aliphatic rings. The maximum Gasteiger partial charge on any atom is 0.472 e. The van der Waals surface area contributed by atoms with Crippen LogP contribution in [0.1, 0.15) is 239 Å². The molecule has 0 heterocycles. The first-order valence-corrected chi connectivity index (χ1v) is 32.6. The van der Waals surface area contributed by atoms with Crippen LogP contribution < -0.4 is 0 Å². The highest BCUT2D eigenvalue weighted by molar-refractivity contribution is 7.47. The third kappa shape index (κ3) is 58.3. The van der Waals surface area contributed by atoms with E-state index in [4.69, 9.17) is 23.3 Å². The van der Waals surface area contributed by atoms with Gasteiger partial charge in [0, 0.05) is 12.8 Å². The monoisotopic (exact) mass is 1130 g/mol. The predicted molar refractivity (Wildman–Crippen MR) is 334 cm³/mol. The van der Waals surface area contributed by atoms with Gasteiger partial charge in [-0.3, -0.25) is 23.4 Å². The second-order valence-electron chi connectivity index (χ2n) is 20.1. The number of unbranched alkanes of at least 4 members (excludes halogenated alkanes) is 18. The third-order valence-corrected chi connectivity index (χ3v) is 13.5. The fourth-order valence-corrected chi connectivity index (χ4v) is 8.64. The fraction of sp³-hybridized carbons (Fsp3) is 0.632. The Morgan fingerprint density at radius 3 is 1.10 bits per heavy atom. The van der Waals surface area contributed by atoms with Gasteiger partial charge < -0.3 is 24.2 Å². The predicted octanol–water partition coefficient (Wildman–Crippen LogP) is 18.9. The number of hydrogen-bond donors (Lipinski definition) is 2. The number of ether oxygens (including phenoxy) is 3. The molecular weight excluding hydrogens is 1020 g/mol. The van der Waals surface area contributed by atoms with Crippen LogP contribution in [0.5, 0.6) is 0 Å². The van der Waals surface area contributed by atoms with Crippen LogP contribution >= 0.6 is 7.82 Å². The summed E-state index contributed by atoms with van der Waals surface area (Å²) in [5.41, 5.74) is 0. The van der Waals surface area contributed by atoms with Crippen LogP contribution in [0, 0.1) is 0 Å². The number of hydrogen-bond acceptors (Lipinski definition) is 10. The molecule has 0 amide bonds. The molecule has 12 heteroatoms. The zero-order valence-electron chi connectivity index (χ0n) is 50.2. The number of phosphoric acid groups is 1. The number of aliphatic hydroxyl groups excluding tert-OH is 1. The van der Waals surface area contributed by atoms with Gasteiger partial charge in [0.05, 0.1) is 26.2 Å². The summed E-state index contributed by atoms with van der Waals surface area (Å²) in [6, 6.07) is 0. The summed E-state index contributed by atoms with van der Waals surface area (Å²) in [4.78, 5) is 48.6. The van der Waals surface area contributed by atoms with E-state index in [-0.39, 0.29) is 25.9 Å². The van der Waals surface area contributed by atoms with Crippen LogP contribution in [0.25, 0.3) is 0 Å². The van der Waals surface area contributed by atoms with Gasteiger partial charge in [-0.1, -0.05) is 231 Å². The molecule has 0 fully saturated rings. The van der Waals surface area contributed by atoms with Crippen LogP contribution in [-0.2, 0) is 42.2 Å². The Morgan fingerprint density at radius 2 is 0.700 bits per heavy atom. The molecule has 0 rings (SSSR count). The standard InChI is InChI=1S/C68H111O11P/c1-4-7-10-13-16-19-22-25-28-30-32-34-37-39-42-45-48-51-54-57-66(70)75-61-65(79-68(72)59-56-53-50-47-44-41-38-35-33-31-29-26-23-20-17-14-11-8-5-2)63-77-80(73,74)76-62-64(60-69)78-67(71)58-55-52-49-46-43-40-36-27-24-21-18-15-12-9-6-3/h9,12,16-21,25-29,32-36,43,46,52,55,64-65,69H,4-8,10-11,13-15,22-24,30-31,37-42,44-45,47-51,53-54,56-63H2,1-3H3,(H,73,74)/b12-9-,19-16-,20-17-,21-18-,28-25-,29-26-,34-32-,35-33-,36-27-,46-43-,55-52-. The van der Waals surface area contributed by atoms with E-state index >= 15 is 0 Å². The quantitative estimate of drug-likeness (QED) is 0.0197. The van der Waals surface area contributed by atoms with Crippen molar-refractivity contribution in [2.45, 2.75) is 251 Å². The molecule has 0 saturated heterocycles. The lowest BCUT2D eigenvalue weighted by atomic mass is 10.1. The number of rotatable bonds is 56. The van der Waals surface area contributed by atoms with Crippen LogP contribution in [0.15, 0.2) is 134 Å². The maximum absolute atomic E-state index is 13.0. The number of phosphoric ester groups is 1. The van der Waals surface area contributed by atoms with E-state index in [1.54, 1.807) is 6.08 Å². The summed E-state index contributed by atoms with van der Waals surface area (Å²) in [5, 5.41) is 9.82. The molecule has 454 valence electrons. The molecule has 0 aliphatic carbocycles. The molecule has 0 radical (unpaired) electrons. The van der Waals surface area contributed by atoms with E-state index in [0.717, 1.165) is 128 Å². The van der Waals surface area contributed by atoms with Gasteiger partial charge in [0.15, 0.2) is 6.10 Å². The number of carbonyl (C=O) groups is 3. The summed E-state index contributed by atoms with van der Waals surface area (Å²) < 4.78 is 39.5. The molecule has 0 saturated carbocycles. The van der Waals surface area contributed by atoms with Crippen LogP contribution in [0.4, 0.5) is 0 Å². The minimum atomic E-state index is -4.79. The fourth-order valence-electron chi connectivity index (χ4n) is 7.86. The molecule has 0 bridgehead atoms. The third-order valence-electron chi connectivity index (χ3n) is 12.6. The molecule has 0 aromatic carbocycles. The smallest absolute Gasteiger partial charge is 0.462 e. The average molecular weight is 1140 g/mol. The van der Waals surface area contributed by atoms with Crippen molar-refractivity contribution in [3.8, 4) is 0 Å². The summed E-state index contributed by atoms with van der Waals surface area (Å²) in [7, 11) is -4.79. The lowest BCUT2D eigenvalue weighted by molar-refractivity contribution is -0.161. The maximum atomic E-state index is 13.0. The molecule has 11 nitrogen and oxygen atoms in total. The van der Waals surface area contributed by atoms with Crippen molar-refractivity contribution in [3.05, 3.63) is 134 Å². The Labute approximate surface area is 487 Å². The highest BCUT2D eigenvalue weighted by atomic mass is 31.2. The zero-order valence-corrected chi connectivity index (χ0v) is 51.1. The second kappa shape index (κ2) is 60.7. The molecular formula is C68H111O11P. The van der Waals surface area contributed by atoms with Gasteiger partial charge >= 0.3 is 25.7 Å². The van der Waals surface area contributed by atoms with Gasteiger partial charge in [-0.2, -0.15) is 0 Å². The Bertz CT molecular complexity index is 1850. The van der Waals surface area contributed by atoms with E-state index in [9.17, 15) is 28.9 Å². The van der Waals surface area contributed by atoms with Crippen molar-refractivity contribution in [3.63, 3.8) is 0 Å². The Hall–Kier alpha value is -4.38. The molecule has 0 spiro atoms.